The van der Waals surface area contributed by atoms with Crippen molar-refractivity contribution in [1.82, 2.24) is 4.57 Å². The normalized spacial score (nSPS) is 10.5. The molecule has 134 valence electrons. The van der Waals surface area contributed by atoms with Gasteiger partial charge in [-0.25, -0.2) is 4.79 Å². The minimum atomic E-state index is -0.464. The molecule has 0 aliphatic rings. The van der Waals surface area contributed by atoms with E-state index in [0.29, 0.717) is 11.4 Å². The second-order valence-corrected chi connectivity index (χ2v) is 5.87. The van der Waals surface area contributed by atoms with Gasteiger partial charge in [0.2, 0.25) is 5.91 Å². The molecule has 26 heavy (non-hydrogen) atoms. The van der Waals surface area contributed by atoms with Crippen LogP contribution < -0.4 is 10.1 Å². The summed E-state index contributed by atoms with van der Waals surface area (Å²) in [7, 11) is 1.30. The topological polar surface area (TPSA) is 69.6 Å². The molecule has 0 radical (unpaired) electrons. The van der Waals surface area contributed by atoms with Crippen molar-refractivity contribution in [2.75, 3.05) is 19.0 Å². The van der Waals surface area contributed by atoms with Crippen molar-refractivity contribution < 1.29 is 19.1 Å². The first-order valence-corrected chi connectivity index (χ1v) is 8.21. The van der Waals surface area contributed by atoms with Crippen molar-refractivity contribution in [2.45, 2.75) is 13.5 Å². The molecule has 3 rings (SSSR count). The molecule has 2 aromatic carbocycles. The van der Waals surface area contributed by atoms with E-state index in [1.807, 2.05) is 35.8 Å². The maximum atomic E-state index is 12.5. The second kappa shape index (κ2) is 7.74. The number of carbonyl (C=O) groups is 2. The number of ether oxygens (including phenoxy) is 2. The third-order valence-corrected chi connectivity index (χ3v) is 4.02. The number of nitrogens with one attached hydrogen (secondary N) is 1. The fourth-order valence-electron chi connectivity index (χ4n) is 2.77. The van der Waals surface area contributed by atoms with Crippen LogP contribution in [-0.2, 0) is 20.9 Å². The van der Waals surface area contributed by atoms with Crippen LogP contribution in [0.3, 0.4) is 0 Å². The van der Waals surface area contributed by atoms with Crippen LogP contribution in [0.1, 0.15) is 5.69 Å². The first kappa shape index (κ1) is 17.5. The molecular weight excluding hydrogens is 332 g/mol. The molecule has 0 saturated carbocycles. The van der Waals surface area contributed by atoms with Gasteiger partial charge in [0.15, 0.2) is 6.61 Å². The largest absolute Gasteiger partial charge is 0.482 e. The van der Waals surface area contributed by atoms with Crippen LogP contribution in [0.25, 0.3) is 10.9 Å². The van der Waals surface area contributed by atoms with Crippen LogP contribution in [0, 0.1) is 6.92 Å². The number of amides is 1. The van der Waals surface area contributed by atoms with E-state index in [2.05, 4.69) is 16.1 Å². The van der Waals surface area contributed by atoms with Gasteiger partial charge in [0.25, 0.3) is 0 Å². The number of para-hydroxylation sites is 1. The summed E-state index contributed by atoms with van der Waals surface area (Å²) in [4.78, 5) is 23.6. The van der Waals surface area contributed by atoms with E-state index >= 15 is 0 Å². The summed E-state index contributed by atoms with van der Waals surface area (Å²) in [5, 5.41) is 3.97. The number of benzene rings is 2. The van der Waals surface area contributed by atoms with Gasteiger partial charge in [-0.2, -0.15) is 0 Å². The van der Waals surface area contributed by atoms with Gasteiger partial charge in [-0.15, -0.1) is 0 Å². The SMILES string of the molecule is COC(=O)COc1cccc(NC(=O)Cn2c(C)cc3ccccc32)c1. The molecule has 0 atom stereocenters. The maximum absolute atomic E-state index is 12.5. The second-order valence-electron chi connectivity index (χ2n) is 5.87. The summed E-state index contributed by atoms with van der Waals surface area (Å²) in [5.41, 5.74) is 2.65. The van der Waals surface area contributed by atoms with E-state index < -0.39 is 5.97 Å². The zero-order valence-corrected chi connectivity index (χ0v) is 14.7. The first-order valence-electron chi connectivity index (χ1n) is 8.21. The predicted octanol–water partition coefficient (Wildman–Crippen LogP) is 3.14. The minimum absolute atomic E-state index is 0.139. The zero-order chi connectivity index (χ0) is 18.5. The highest BCUT2D eigenvalue weighted by atomic mass is 16.6. The van der Waals surface area contributed by atoms with Gasteiger partial charge in [-0.05, 0) is 36.6 Å². The number of aromatic nitrogens is 1. The monoisotopic (exact) mass is 352 g/mol. The lowest BCUT2D eigenvalue weighted by Gasteiger charge is -2.11. The molecule has 1 heterocycles. The molecule has 0 saturated heterocycles. The molecule has 3 aromatic rings. The lowest BCUT2D eigenvalue weighted by molar-refractivity contribution is -0.142. The Labute approximate surface area is 151 Å². The van der Waals surface area contributed by atoms with Crippen LogP contribution in [0.15, 0.2) is 54.6 Å². The van der Waals surface area contributed by atoms with Crippen molar-refractivity contribution in [3.05, 3.63) is 60.3 Å². The predicted molar refractivity (Wildman–Crippen MR) is 99.3 cm³/mol. The Morgan fingerprint density at radius 3 is 2.69 bits per heavy atom. The Hall–Kier alpha value is -3.28. The van der Waals surface area contributed by atoms with Gasteiger partial charge in [-0.3, -0.25) is 4.79 Å². The summed E-state index contributed by atoms with van der Waals surface area (Å²) >= 11 is 0. The summed E-state index contributed by atoms with van der Waals surface area (Å²) in [6.07, 6.45) is 0. The fraction of sp³-hybridized carbons (Fsp3) is 0.200. The number of esters is 1. The summed E-state index contributed by atoms with van der Waals surface area (Å²) in [6.45, 7) is 2.02. The Morgan fingerprint density at radius 1 is 1.08 bits per heavy atom. The molecule has 6 heteroatoms. The highest BCUT2D eigenvalue weighted by molar-refractivity contribution is 5.92. The van der Waals surface area contributed by atoms with E-state index in [-0.39, 0.29) is 19.1 Å². The molecular formula is C20H20N2O4. The van der Waals surface area contributed by atoms with E-state index in [9.17, 15) is 9.59 Å². The number of hydrogen-bond acceptors (Lipinski definition) is 4. The van der Waals surface area contributed by atoms with Crippen molar-refractivity contribution in [2.24, 2.45) is 0 Å². The number of aryl methyl sites for hydroxylation is 1. The standard InChI is InChI=1S/C20H20N2O4/c1-14-10-15-6-3-4-9-18(15)22(14)12-19(23)21-16-7-5-8-17(11-16)26-13-20(24)25-2/h3-11H,12-13H2,1-2H3,(H,21,23). The van der Waals surface area contributed by atoms with Crippen LogP contribution >= 0.6 is 0 Å². The molecule has 0 bridgehead atoms. The molecule has 0 aliphatic heterocycles. The Kier molecular flexibility index (Phi) is 5.22. The molecule has 0 spiro atoms. The number of fused-ring (bicyclic) bond motifs is 1. The van der Waals surface area contributed by atoms with Crippen molar-refractivity contribution >= 4 is 28.5 Å². The Balaban J connectivity index is 1.68. The highest BCUT2D eigenvalue weighted by Crippen LogP contribution is 2.20. The van der Waals surface area contributed by atoms with Gasteiger partial charge < -0.3 is 19.4 Å². The zero-order valence-electron chi connectivity index (χ0n) is 14.7. The average Bonchev–Trinajstić information content (AvgIpc) is 2.95. The average molecular weight is 352 g/mol. The third-order valence-electron chi connectivity index (χ3n) is 4.02. The number of hydrogen-bond donors (Lipinski definition) is 1. The molecule has 6 nitrogen and oxygen atoms in total. The molecule has 0 fully saturated rings. The fourth-order valence-corrected chi connectivity index (χ4v) is 2.77. The van der Waals surface area contributed by atoms with Crippen molar-refractivity contribution in [3.8, 4) is 5.75 Å². The number of carbonyl (C=O) groups excluding carboxylic acids is 2. The van der Waals surface area contributed by atoms with Crippen molar-refractivity contribution in [3.63, 3.8) is 0 Å². The molecule has 1 amide bonds. The number of anilines is 1. The van der Waals surface area contributed by atoms with E-state index in [0.717, 1.165) is 16.6 Å². The van der Waals surface area contributed by atoms with Crippen LogP contribution in [-0.4, -0.2) is 30.2 Å². The van der Waals surface area contributed by atoms with Crippen LogP contribution in [0.4, 0.5) is 5.69 Å². The van der Waals surface area contributed by atoms with Crippen LogP contribution in [0.2, 0.25) is 0 Å². The molecule has 1 aromatic heterocycles. The number of rotatable bonds is 6. The molecule has 1 N–H and O–H groups in total. The third kappa shape index (κ3) is 4.03. The summed E-state index contributed by atoms with van der Waals surface area (Å²) < 4.78 is 11.8. The minimum Gasteiger partial charge on any atom is -0.482 e. The van der Waals surface area contributed by atoms with Gasteiger partial charge in [0, 0.05) is 23.0 Å². The van der Waals surface area contributed by atoms with E-state index in [1.54, 1.807) is 24.3 Å². The molecule has 0 aliphatic carbocycles. The maximum Gasteiger partial charge on any atom is 0.343 e. The van der Waals surface area contributed by atoms with Gasteiger partial charge in [0.1, 0.15) is 12.3 Å². The van der Waals surface area contributed by atoms with Gasteiger partial charge in [-0.1, -0.05) is 24.3 Å². The van der Waals surface area contributed by atoms with Crippen LogP contribution in [0.5, 0.6) is 5.75 Å². The van der Waals surface area contributed by atoms with E-state index in [4.69, 9.17) is 4.74 Å². The van der Waals surface area contributed by atoms with Gasteiger partial charge >= 0.3 is 5.97 Å². The number of methoxy groups -OCH3 is 1. The van der Waals surface area contributed by atoms with E-state index in [1.165, 1.54) is 7.11 Å². The summed E-state index contributed by atoms with van der Waals surface area (Å²) in [5.74, 6) is -0.121. The highest BCUT2D eigenvalue weighted by Gasteiger charge is 2.10. The van der Waals surface area contributed by atoms with Gasteiger partial charge in [0.05, 0.1) is 7.11 Å². The lowest BCUT2D eigenvalue weighted by atomic mass is 10.2. The van der Waals surface area contributed by atoms with Crippen molar-refractivity contribution in [1.29, 1.82) is 0 Å². The quantitative estimate of drug-likeness (QED) is 0.692. The molecule has 0 unspecified atom stereocenters. The first-order chi connectivity index (χ1) is 12.6. The summed E-state index contributed by atoms with van der Waals surface area (Å²) in [6, 6.07) is 16.9. The Bertz CT molecular complexity index is 946. The number of nitrogens with zero attached hydrogens (tertiary/aromatic N) is 1. The smallest absolute Gasteiger partial charge is 0.343 e. The lowest BCUT2D eigenvalue weighted by Crippen LogP contribution is -2.19. The Morgan fingerprint density at radius 2 is 1.88 bits per heavy atom.